The third-order valence-corrected chi connectivity index (χ3v) is 3.32. The number of ether oxygens (including phenoxy) is 1. The summed E-state index contributed by atoms with van der Waals surface area (Å²) in [6, 6.07) is 6.70. The van der Waals surface area contributed by atoms with Gasteiger partial charge in [0.15, 0.2) is 0 Å². The molecule has 1 N–H and O–H groups in total. The van der Waals surface area contributed by atoms with Crippen LogP contribution in [0.25, 0.3) is 0 Å². The second-order valence-corrected chi connectivity index (χ2v) is 4.95. The molecule has 1 heterocycles. The third-order valence-electron chi connectivity index (χ3n) is 3.32. The Bertz CT molecular complexity index is 489. The van der Waals surface area contributed by atoms with E-state index in [1.54, 1.807) is 24.3 Å². The Kier molecular flexibility index (Phi) is 3.08. The molecule has 0 bridgehead atoms. The molecular weight excluding hydrogens is 246 g/mol. The number of benzene rings is 1. The predicted molar refractivity (Wildman–Crippen MR) is 66.8 cm³/mol. The van der Waals surface area contributed by atoms with Crippen molar-refractivity contribution in [1.29, 1.82) is 0 Å². The van der Waals surface area contributed by atoms with Gasteiger partial charge in [0.05, 0.1) is 36.5 Å². The molecule has 1 aromatic rings. The van der Waals surface area contributed by atoms with Crippen molar-refractivity contribution in [3.63, 3.8) is 0 Å². The lowest BCUT2D eigenvalue weighted by Gasteiger charge is -2.18. The summed E-state index contributed by atoms with van der Waals surface area (Å²) in [5.74, 6) is -0.683. The molecule has 1 aliphatic heterocycles. The fourth-order valence-corrected chi connectivity index (χ4v) is 2.15. The van der Waals surface area contributed by atoms with Crippen LogP contribution in [0.3, 0.4) is 0 Å². The number of hydrogen-bond acceptors (Lipinski definition) is 4. The van der Waals surface area contributed by atoms with Gasteiger partial charge in [0, 0.05) is 0 Å². The summed E-state index contributed by atoms with van der Waals surface area (Å²) in [5, 5.41) is 9.83. The van der Waals surface area contributed by atoms with Gasteiger partial charge in [-0.15, -0.1) is 0 Å². The van der Waals surface area contributed by atoms with E-state index in [0.29, 0.717) is 11.1 Å². The SMILES string of the molecule is O=C1c2ccccc2C(=O)N1CC(O)COC1CC1. The minimum absolute atomic E-state index is 0.0148. The quantitative estimate of drug-likeness (QED) is 0.797. The average molecular weight is 261 g/mol. The van der Waals surface area contributed by atoms with Gasteiger partial charge in [-0.1, -0.05) is 12.1 Å². The highest BCUT2D eigenvalue weighted by atomic mass is 16.5. The minimum Gasteiger partial charge on any atom is -0.389 e. The first-order chi connectivity index (χ1) is 9.16. The molecule has 1 aliphatic carbocycles. The molecule has 1 saturated carbocycles. The van der Waals surface area contributed by atoms with E-state index in [2.05, 4.69) is 0 Å². The number of carbonyl (C=O) groups excluding carboxylic acids is 2. The molecule has 0 spiro atoms. The molecule has 19 heavy (non-hydrogen) atoms. The van der Waals surface area contributed by atoms with E-state index in [4.69, 9.17) is 4.74 Å². The number of β-amino-alcohol motifs (C(OH)–C–C–N with tert-alkyl or cyclic N) is 1. The van der Waals surface area contributed by atoms with E-state index in [0.717, 1.165) is 17.7 Å². The Labute approximate surface area is 110 Å². The average Bonchev–Trinajstić information content (AvgIpc) is 3.22. The summed E-state index contributed by atoms with van der Waals surface area (Å²) in [4.78, 5) is 25.2. The number of rotatable bonds is 5. The van der Waals surface area contributed by atoms with E-state index in [-0.39, 0.29) is 31.1 Å². The van der Waals surface area contributed by atoms with Crippen LogP contribution < -0.4 is 0 Å². The first-order valence-electron chi connectivity index (χ1n) is 6.41. The maximum absolute atomic E-state index is 12.0. The van der Waals surface area contributed by atoms with Crippen LogP contribution in [-0.2, 0) is 4.74 Å². The van der Waals surface area contributed by atoms with Gasteiger partial charge in [-0.2, -0.15) is 0 Å². The zero-order chi connectivity index (χ0) is 13.4. The van der Waals surface area contributed by atoms with E-state index >= 15 is 0 Å². The van der Waals surface area contributed by atoms with Crippen molar-refractivity contribution in [3.8, 4) is 0 Å². The molecule has 100 valence electrons. The largest absolute Gasteiger partial charge is 0.389 e. The van der Waals surface area contributed by atoms with Crippen molar-refractivity contribution in [2.45, 2.75) is 25.0 Å². The number of amides is 2. The first kappa shape index (κ1) is 12.3. The van der Waals surface area contributed by atoms with Crippen LogP contribution in [0.1, 0.15) is 33.6 Å². The third kappa shape index (κ3) is 2.39. The Morgan fingerprint density at radius 3 is 2.32 bits per heavy atom. The standard InChI is InChI=1S/C14H15NO4/c16-9(8-19-10-5-6-10)7-15-13(17)11-3-1-2-4-12(11)14(15)18/h1-4,9-10,16H,5-8H2. The van der Waals surface area contributed by atoms with Crippen LogP contribution in [0.4, 0.5) is 0 Å². The van der Waals surface area contributed by atoms with Gasteiger partial charge < -0.3 is 9.84 Å². The minimum atomic E-state index is -0.831. The maximum atomic E-state index is 12.0. The first-order valence-corrected chi connectivity index (χ1v) is 6.41. The van der Waals surface area contributed by atoms with Crippen LogP contribution >= 0.6 is 0 Å². The van der Waals surface area contributed by atoms with Crippen molar-refractivity contribution >= 4 is 11.8 Å². The fraction of sp³-hybridized carbons (Fsp3) is 0.429. The van der Waals surface area contributed by atoms with Crippen LogP contribution in [0.2, 0.25) is 0 Å². The number of hydrogen-bond donors (Lipinski definition) is 1. The monoisotopic (exact) mass is 261 g/mol. The smallest absolute Gasteiger partial charge is 0.261 e. The summed E-state index contributed by atoms with van der Waals surface area (Å²) in [7, 11) is 0. The molecule has 5 nitrogen and oxygen atoms in total. The Balaban J connectivity index is 1.65. The molecule has 0 radical (unpaired) electrons. The van der Waals surface area contributed by atoms with Crippen molar-refractivity contribution in [2.24, 2.45) is 0 Å². The number of fused-ring (bicyclic) bond motifs is 1. The van der Waals surface area contributed by atoms with Gasteiger partial charge in [-0.05, 0) is 25.0 Å². The fourth-order valence-electron chi connectivity index (χ4n) is 2.15. The summed E-state index contributed by atoms with van der Waals surface area (Å²) in [6.45, 7) is 0.150. The summed E-state index contributed by atoms with van der Waals surface area (Å²) >= 11 is 0. The van der Waals surface area contributed by atoms with Crippen LogP contribution in [0.5, 0.6) is 0 Å². The molecule has 3 rings (SSSR count). The second kappa shape index (κ2) is 4.75. The number of carbonyl (C=O) groups is 2. The number of nitrogens with zero attached hydrogens (tertiary/aromatic N) is 1. The van der Waals surface area contributed by atoms with Crippen molar-refractivity contribution in [3.05, 3.63) is 35.4 Å². The lowest BCUT2D eigenvalue weighted by molar-refractivity contribution is 0.0118. The topological polar surface area (TPSA) is 66.8 Å². The lowest BCUT2D eigenvalue weighted by atomic mass is 10.1. The van der Waals surface area contributed by atoms with E-state index in [1.807, 2.05) is 0 Å². The van der Waals surface area contributed by atoms with Gasteiger partial charge in [0.2, 0.25) is 0 Å². The number of imide groups is 1. The molecule has 2 amide bonds. The zero-order valence-electron chi connectivity index (χ0n) is 10.4. The zero-order valence-corrected chi connectivity index (χ0v) is 10.4. The van der Waals surface area contributed by atoms with E-state index < -0.39 is 6.10 Å². The predicted octanol–water partition coefficient (Wildman–Crippen LogP) is 0.823. The Morgan fingerprint density at radius 1 is 1.21 bits per heavy atom. The van der Waals surface area contributed by atoms with Crippen molar-refractivity contribution in [2.75, 3.05) is 13.2 Å². The van der Waals surface area contributed by atoms with Crippen LogP contribution in [0.15, 0.2) is 24.3 Å². The van der Waals surface area contributed by atoms with E-state index in [1.165, 1.54) is 0 Å². The van der Waals surface area contributed by atoms with Crippen LogP contribution in [0, 0.1) is 0 Å². The highest BCUT2D eigenvalue weighted by molar-refractivity contribution is 6.21. The van der Waals surface area contributed by atoms with Gasteiger partial charge >= 0.3 is 0 Å². The van der Waals surface area contributed by atoms with Gasteiger partial charge in [-0.25, -0.2) is 0 Å². The molecule has 5 heteroatoms. The van der Waals surface area contributed by atoms with Crippen molar-refractivity contribution < 1.29 is 19.4 Å². The van der Waals surface area contributed by atoms with E-state index in [9.17, 15) is 14.7 Å². The second-order valence-electron chi connectivity index (χ2n) is 4.95. The van der Waals surface area contributed by atoms with Gasteiger partial charge in [0.25, 0.3) is 11.8 Å². The molecule has 1 aromatic carbocycles. The highest BCUT2D eigenvalue weighted by Gasteiger charge is 2.36. The Morgan fingerprint density at radius 2 is 1.79 bits per heavy atom. The van der Waals surface area contributed by atoms with Gasteiger partial charge in [0.1, 0.15) is 0 Å². The molecule has 0 aromatic heterocycles. The molecule has 0 saturated heterocycles. The normalized spacial score (nSPS) is 19.7. The number of aliphatic hydroxyl groups is 1. The molecule has 1 atom stereocenters. The maximum Gasteiger partial charge on any atom is 0.261 e. The van der Waals surface area contributed by atoms with Crippen LogP contribution in [-0.4, -0.2) is 47.2 Å². The molecule has 1 fully saturated rings. The molecular formula is C14H15NO4. The summed E-state index contributed by atoms with van der Waals surface area (Å²) in [6.07, 6.45) is 1.47. The van der Waals surface area contributed by atoms with Crippen molar-refractivity contribution in [1.82, 2.24) is 4.90 Å². The highest BCUT2D eigenvalue weighted by Crippen LogP contribution is 2.25. The molecule has 2 aliphatic rings. The molecule has 1 unspecified atom stereocenters. The number of aliphatic hydroxyl groups excluding tert-OH is 1. The summed E-state index contributed by atoms with van der Waals surface area (Å²) < 4.78 is 5.37. The summed E-state index contributed by atoms with van der Waals surface area (Å²) in [5.41, 5.74) is 0.811. The lowest BCUT2D eigenvalue weighted by Crippen LogP contribution is -2.38. The van der Waals surface area contributed by atoms with Gasteiger partial charge in [-0.3, -0.25) is 14.5 Å². The Hall–Kier alpha value is -1.72.